The monoisotopic (exact) mass is 673 g/mol. The normalized spacial score (nSPS) is 24.4. The second-order valence-electron chi connectivity index (χ2n) is 12.6. The van der Waals surface area contributed by atoms with Gasteiger partial charge >= 0.3 is 5.97 Å². The number of nitrogens with one attached hydrogen (secondary N) is 1. The Morgan fingerprint density at radius 1 is 1.07 bits per heavy atom. The number of carbonyl (C=O) groups is 3. The smallest absolute Gasteiger partial charge is 0.306 e. The van der Waals surface area contributed by atoms with Gasteiger partial charge in [0.25, 0.3) is 5.91 Å². The molecule has 2 amide bonds. The zero-order chi connectivity index (χ0) is 32.4. The van der Waals surface area contributed by atoms with Gasteiger partial charge in [0, 0.05) is 41.1 Å². The number of benzene rings is 2. The Kier molecular flexibility index (Phi) is 10.2. The summed E-state index contributed by atoms with van der Waals surface area (Å²) in [5.74, 6) is -2.43. The Labute approximate surface area is 275 Å². The molecule has 1 saturated carbocycles. The van der Waals surface area contributed by atoms with Crippen LogP contribution in [-0.2, 0) is 20.7 Å². The van der Waals surface area contributed by atoms with E-state index in [1.54, 1.807) is 10.3 Å². The summed E-state index contributed by atoms with van der Waals surface area (Å²) in [4.78, 5) is 42.1. The molecular weight excluding hydrogens is 636 g/mol. The number of likely N-dealkylation sites (tertiary alicyclic amines) is 2. The molecule has 2 N–H and O–H groups in total. The van der Waals surface area contributed by atoms with Crippen LogP contribution in [0.15, 0.2) is 41.8 Å². The number of carboxylic acids is 1. The number of rotatable bonds is 9. The third-order valence-electron chi connectivity index (χ3n) is 9.69. The Morgan fingerprint density at radius 3 is 2.54 bits per heavy atom. The van der Waals surface area contributed by atoms with Crippen molar-refractivity contribution in [3.8, 4) is 0 Å². The van der Waals surface area contributed by atoms with Crippen LogP contribution in [0.5, 0.6) is 0 Å². The van der Waals surface area contributed by atoms with E-state index in [9.17, 15) is 23.9 Å². The van der Waals surface area contributed by atoms with E-state index in [-0.39, 0.29) is 52.7 Å². The lowest BCUT2D eigenvalue weighted by atomic mass is 9.87. The molecule has 246 valence electrons. The van der Waals surface area contributed by atoms with Gasteiger partial charge in [0.1, 0.15) is 12.0 Å². The molecule has 2 atom stereocenters. The topological polar surface area (TPSA) is 99.2 Å². The highest BCUT2D eigenvalue weighted by Gasteiger charge is 2.40. The van der Waals surface area contributed by atoms with E-state index in [2.05, 4.69) is 10.2 Å². The van der Waals surface area contributed by atoms with Crippen LogP contribution in [-0.4, -0.2) is 83.3 Å². The van der Waals surface area contributed by atoms with Gasteiger partial charge in [0.05, 0.1) is 47.4 Å². The average molecular weight is 674 g/mol. The van der Waals surface area contributed by atoms with Gasteiger partial charge in [-0.25, -0.2) is 8.78 Å². The third kappa shape index (κ3) is 7.38. The van der Waals surface area contributed by atoms with Gasteiger partial charge in [0.15, 0.2) is 0 Å². The largest absolute Gasteiger partial charge is 0.481 e. The molecule has 0 unspecified atom stereocenters. The summed E-state index contributed by atoms with van der Waals surface area (Å²) in [5, 5.41) is 14.7. The van der Waals surface area contributed by atoms with E-state index in [1.165, 1.54) is 17.4 Å². The van der Waals surface area contributed by atoms with Crippen LogP contribution >= 0.6 is 22.9 Å². The van der Waals surface area contributed by atoms with Gasteiger partial charge < -0.3 is 20.1 Å². The number of carboxylic acid groups (broad SMARTS) is 1. The molecule has 3 aromatic rings. The number of halogens is 3. The second-order valence-corrected chi connectivity index (χ2v) is 14.0. The zero-order valence-electron chi connectivity index (χ0n) is 25.4. The first-order valence-corrected chi connectivity index (χ1v) is 17.2. The lowest BCUT2D eigenvalue weighted by Gasteiger charge is -2.33. The van der Waals surface area contributed by atoms with Crippen LogP contribution < -0.4 is 5.32 Å². The summed E-state index contributed by atoms with van der Waals surface area (Å²) in [5.41, 5.74) is 0.721. The molecule has 1 aliphatic carbocycles. The lowest BCUT2D eigenvalue weighted by molar-refractivity contribution is -0.144. The van der Waals surface area contributed by atoms with Crippen molar-refractivity contribution >= 4 is 56.5 Å². The number of anilines is 1. The average Bonchev–Trinajstić information content (AvgIpc) is 3.68. The molecule has 3 heterocycles. The summed E-state index contributed by atoms with van der Waals surface area (Å²) in [6.07, 6.45) is 2.94. The molecule has 2 saturated heterocycles. The molecule has 2 aromatic carbocycles. The first kappa shape index (κ1) is 32.8. The van der Waals surface area contributed by atoms with Crippen LogP contribution in [0.2, 0.25) is 5.02 Å². The number of hydrogen-bond donors (Lipinski definition) is 2. The van der Waals surface area contributed by atoms with Gasteiger partial charge in [-0.3, -0.25) is 19.3 Å². The molecule has 6 rings (SSSR count). The van der Waals surface area contributed by atoms with E-state index >= 15 is 4.39 Å². The number of carbonyl (C=O) groups excluding carboxylic acids is 2. The molecule has 3 aliphatic rings. The van der Waals surface area contributed by atoms with Crippen molar-refractivity contribution in [3.05, 3.63) is 63.7 Å². The molecule has 1 aromatic heterocycles. The maximum absolute atomic E-state index is 15.4. The van der Waals surface area contributed by atoms with Crippen molar-refractivity contribution in [2.45, 2.75) is 75.7 Å². The molecule has 8 nitrogen and oxygen atoms in total. The Hall–Kier alpha value is -3.12. The quantitative estimate of drug-likeness (QED) is 0.267. The predicted molar refractivity (Wildman–Crippen MR) is 174 cm³/mol. The van der Waals surface area contributed by atoms with Gasteiger partial charge in [0.2, 0.25) is 5.91 Å². The van der Waals surface area contributed by atoms with E-state index < -0.39 is 23.9 Å². The number of thiophene rings is 1. The van der Waals surface area contributed by atoms with E-state index in [0.717, 1.165) is 16.2 Å². The molecule has 0 bridgehead atoms. The summed E-state index contributed by atoms with van der Waals surface area (Å²) >= 11 is 7.94. The number of piperidine rings is 1. The van der Waals surface area contributed by atoms with Gasteiger partial charge in [-0.2, -0.15) is 0 Å². The molecular formula is C34H38ClF2N3O5S. The number of fused-ring (bicyclic) bond motifs is 1. The summed E-state index contributed by atoms with van der Waals surface area (Å²) in [7, 11) is 0. The summed E-state index contributed by atoms with van der Waals surface area (Å²) in [6.45, 7) is 1.99. The molecule has 3 fully saturated rings. The number of alkyl halides is 1. The minimum Gasteiger partial charge on any atom is -0.481 e. The van der Waals surface area contributed by atoms with E-state index in [4.69, 9.17) is 16.3 Å². The third-order valence-corrected chi connectivity index (χ3v) is 11.0. The van der Waals surface area contributed by atoms with Crippen molar-refractivity contribution in [3.63, 3.8) is 0 Å². The summed E-state index contributed by atoms with van der Waals surface area (Å²) in [6, 6.07) is 9.87. The first-order chi connectivity index (χ1) is 22.2. The fourth-order valence-electron chi connectivity index (χ4n) is 7.00. The molecule has 12 heteroatoms. The Morgan fingerprint density at radius 2 is 1.80 bits per heavy atom. The molecule has 2 aliphatic heterocycles. The molecule has 0 spiro atoms. The van der Waals surface area contributed by atoms with Crippen molar-refractivity contribution in [2.75, 3.05) is 31.6 Å². The number of nitrogens with zero attached hydrogens (tertiary/aromatic N) is 2. The predicted octanol–water partition coefficient (Wildman–Crippen LogP) is 6.55. The number of ether oxygens (including phenoxy) is 1. The Bertz CT molecular complexity index is 1590. The highest BCUT2D eigenvalue weighted by molar-refractivity contribution is 7.17. The second kappa shape index (κ2) is 14.3. The molecule has 46 heavy (non-hydrogen) atoms. The van der Waals surface area contributed by atoms with Crippen LogP contribution in [0, 0.1) is 11.7 Å². The maximum atomic E-state index is 15.4. The SMILES string of the molecule is O=C(Nc1cc(F)c(CC(=O)N2C[C@@H](N3CCC(F)CC3)C[C@H]2COC2CCC(C(=O)O)CC2)cc1Cl)c1csc2ccccc12. The van der Waals surface area contributed by atoms with Crippen molar-refractivity contribution in [1.29, 1.82) is 0 Å². The van der Waals surface area contributed by atoms with Crippen LogP contribution in [0.1, 0.15) is 60.9 Å². The highest BCUT2D eigenvalue weighted by Crippen LogP contribution is 2.32. The van der Waals surface area contributed by atoms with Gasteiger partial charge in [-0.15, -0.1) is 11.3 Å². The first-order valence-electron chi connectivity index (χ1n) is 15.9. The van der Waals surface area contributed by atoms with E-state index in [0.29, 0.717) is 76.8 Å². The number of aliphatic carboxylic acids is 1. The fourth-order valence-corrected chi connectivity index (χ4v) is 8.18. The standard InChI is InChI=1S/C34H38ClF2N3O5S/c35-28-13-21(29(37)16-30(28)38-33(42)27-19-46-31-4-2-1-3-26(27)31)14-32(41)40-17-23(39-11-9-22(36)10-12-39)15-24(40)18-45-25-7-5-20(6-8-25)34(43)44/h1-4,13,16,19-20,22-25H,5-12,14-15,17-18H2,(H,38,42)(H,43,44)/t20?,23-,24-,25?/m0/s1. The molecule has 0 radical (unpaired) electrons. The lowest BCUT2D eigenvalue weighted by Crippen LogP contribution is -2.44. The summed E-state index contributed by atoms with van der Waals surface area (Å²) < 4.78 is 36.5. The van der Waals surface area contributed by atoms with Crippen LogP contribution in [0.4, 0.5) is 14.5 Å². The number of hydrogen-bond acceptors (Lipinski definition) is 6. The van der Waals surface area contributed by atoms with Crippen molar-refractivity contribution in [2.24, 2.45) is 5.92 Å². The zero-order valence-corrected chi connectivity index (χ0v) is 27.0. The van der Waals surface area contributed by atoms with Crippen LogP contribution in [0.25, 0.3) is 10.1 Å². The van der Waals surface area contributed by atoms with Gasteiger partial charge in [-0.1, -0.05) is 29.8 Å². The van der Waals surface area contributed by atoms with Gasteiger partial charge in [-0.05, 0) is 68.7 Å². The fraction of sp³-hybridized carbons (Fsp3) is 0.500. The minimum atomic E-state index is -0.805. The van der Waals surface area contributed by atoms with Crippen molar-refractivity contribution in [1.82, 2.24) is 9.80 Å². The Balaban J connectivity index is 1.12. The van der Waals surface area contributed by atoms with Crippen molar-refractivity contribution < 1.29 is 33.0 Å². The number of amides is 2. The minimum absolute atomic E-state index is 0.0482. The maximum Gasteiger partial charge on any atom is 0.306 e. The van der Waals surface area contributed by atoms with E-state index in [1.807, 2.05) is 24.3 Å². The highest BCUT2D eigenvalue weighted by atomic mass is 35.5. The van der Waals surface area contributed by atoms with Crippen LogP contribution in [0.3, 0.4) is 0 Å².